The molecule has 4 rings (SSSR count). The maximum absolute atomic E-state index is 14.2. The second kappa shape index (κ2) is 8.88. The maximum Gasteiger partial charge on any atom is 0.435 e. The average molecular weight is 509 g/mol. The van der Waals surface area contributed by atoms with Crippen LogP contribution in [0, 0.1) is 6.92 Å². The van der Waals surface area contributed by atoms with E-state index in [2.05, 4.69) is 15.1 Å². The summed E-state index contributed by atoms with van der Waals surface area (Å²) in [5.41, 5.74) is -1.06. The van der Waals surface area contributed by atoms with E-state index in [0.717, 1.165) is 12.1 Å². The van der Waals surface area contributed by atoms with E-state index in [1.54, 1.807) is 26.1 Å². The molecule has 2 aromatic carbocycles. The Morgan fingerprint density at radius 2 is 1.74 bits per heavy atom. The van der Waals surface area contributed by atoms with Crippen LogP contribution in [0.5, 0.6) is 0 Å². The standard InChI is InChI=1S/C23H17Cl2F3N4O2/c1-13-5-14(3-4-19(13)21(33)32(2)18-10-29-12-30-11-18)20-9-22(34-31-20,23(26,27)28)15-6-16(24)8-17(25)7-15/h3-8,10-12H,9H2,1-2H3. The molecule has 11 heteroatoms. The summed E-state index contributed by atoms with van der Waals surface area (Å²) in [5, 5.41) is 3.86. The fraction of sp³-hybridized carbons (Fsp3) is 0.217. The molecule has 1 aliphatic rings. The van der Waals surface area contributed by atoms with Gasteiger partial charge in [-0.05, 0) is 48.4 Å². The molecule has 0 radical (unpaired) electrons. The van der Waals surface area contributed by atoms with E-state index in [1.165, 1.54) is 35.8 Å². The second-order valence-electron chi connectivity index (χ2n) is 7.78. The topological polar surface area (TPSA) is 67.7 Å². The molecule has 1 amide bonds. The predicted octanol–water partition coefficient (Wildman–Crippen LogP) is 5.95. The molecule has 0 aliphatic carbocycles. The lowest BCUT2D eigenvalue weighted by Gasteiger charge is -2.29. The van der Waals surface area contributed by atoms with Crippen LogP contribution in [0.15, 0.2) is 60.3 Å². The number of anilines is 1. The van der Waals surface area contributed by atoms with Crippen molar-refractivity contribution in [2.45, 2.75) is 25.1 Å². The van der Waals surface area contributed by atoms with Crippen LogP contribution in [-0.2, 0) is 10.4 Å². The minimum atomic E-state index is -4.79. The van der Waals surface area contributed by atoms with Crippen molar-refractivity contribution in [1.29, 1.82) is 0 Å². The summed E-state index contributed by atoms with van der Waals surface area (Å²) in [6.07, 6.45) is -1.03. The monoisotopic (exact) mass is 508 g/mol. The van der Waals surface area contributed by atoms with Crippen LogP contribution < -0.4 is 4.90 Å². The number of nitrogens with zero attached hydrogens (tertiary/aromatic N) is 4. The molecule has 0 fully saturated rings. The average Bonchev–Trinajstić information content (AvgIpc) is 3.25. The first-order chi connectivity index (χ1) is 16.0. The number of aromatic nitrogens is 2. The van der Waals surface area contributed by atoms with Crippen LogP contribution in [0.4, 0.5) is 18.9 Å². The number of oxime groups is 1. The van der Waals surface area contributed by atoms with Crippen LogP contribution in [0.2, 0.25) is 10.0 Å². The molecule has 1 aliphatic heterocycles. The van der Waals surface area contributed by atoms with Crippen molar-refractivity contribution in [1.82, 2.24) is 9.97 Å². The van der Waals surface area contributed by atoms with Crippen molar-refractivity contribution in [2.24, 2.45) is 5.16 Å². The smallest absolute Gasteiger partial charge is 0.374 e. The number of amides is 1. The van der Waals surface area contributed by atoms with Crippen LogP contribution >= 0.6 is 23.2 Å². The fourth-order valence-electron chi connectivity index (χ4n) is 3.69. The molecule has 0 saturated heterocycles. The lowest BCUT2D eigenvalue weighted by atomic mass is 9.86. The van der Waals surface area contributed by atoms with Crippen molar-refractivity contribution >= 4 is 40.5 Å². The Balaban J connectivity index is 1.63. The molecule has 34 heavy (non-hydrogen) atoms. The van der Waals surface area contributed by atoms with E-state index in [-0.39, 0.29) is 27.2 Å². The molecular formula is C23H17Cl2F3N4O2. The van der Waals surface area contributed by atoms with Gasteiger partial charge in [-0.2, -0.15) is 13.2 Å². The highest BCUT2D eigenvalue weighted by atomic mass is 35.5. The quantitative estimate of drug-likeness (QED) is 0.436. The number of hydrogen-bond donors (Lipinski definition) is 0. The normalized spacial score (nSPS) is 17.8. The number of benzene rings is 2. The van der Waals surface area contributed by atoms with Gasteiger partial charge in [0.15, 0.2) is 0 Å². The zero-order valence-electron chi connectivity index (χ0n) is 17.9. The van der Waals surface area contributed by atoms with E-state index in [4.69, 9.17) is 28.0 Å². The van der Waals surface area contributed by atoms with Gasteiger partial charge >= 0.3 is 6.18 Å². The molecule has 3 aromatic rings. The van der Waals surface area contributed by atoms with Crippen molar-refractivity contribution in [3.63, 3.8) is 0 Å². The highest BCUT2D eigenvalue weighted by molar-refractivity contribution is 6.34. The maximum atomic E-state index is 14.2. The first-order valence-electron chi connectivity index (χ1n) is 9.94. The first kappa shape index (κ1) is 24.0. The largest absolute Gasteiger partial charge is 0.435 e. The number of carbonyl (C=O) groups is 1. The summed E-state index contributed by atoms with van der Waals surface area (Å²) in [6, 6.07) is 8.34. The molecule has 6 nitrogen and oxygen atoms in total. The van der Waals surface area contributed by atoms with Gasteiger partial charge in [-0.1, -0.05) is 34.4 Å². The molecule has 1 unspecified atom stereocenters. The van der Waals surface area contributed by atoms with Gasteiger partial charge in [0.25, 0.3) is 11.5 Å². The van der Waals surface area contributed by atoms with Crippen molar-refractivity contribution in [3.8, 4) is 0 Å². The Morgan fingerprint density at radius 3 is 2.32 bits per heavy atom. The van der Waals surface area contributed by atoms with Crippen LogP contribution in [0.1, 0.15) is 33.5 Å². The van der Waals surface area contributed by atoms with Crippen molar-refractivity contribution in [2.75, 3.05) is 11.9 Å². The Kier molecular flexibility index (Phi) is 6.26. The number of aryl methyl sites for hydroxylation is 1. The minimum absolute atomic E-state index is 0.0508. The van der Waals surface area contributed by atoms with E-state index in [0.29, 0.717) is 22.4 Å². The van der Waals surface area contributed by atoms with E-state index in [1.807, 2.05) is 0 Å². The molecule has 0 saturated carbocycles. The van der Waals surface area contributed by atoms with Gasteiger partial charge in [-0.25, -0.2) is 9.97 Å². The first-order valence-corrected chi connectivity index (χ1v) is 10.7. The van der Waals surface area contributed by atoms with Crippen molar-refractivity contribution in [3.05, 3.63) is 87.4 Å². The van der Waals surface area contributed by atoms with Crippen LogP contribution in [0.3, 0.4) is 0 Å². The molecule has 1 aromatic heterocycles. The van der Waals surface area contributed by atoms with Gasteiger partial charge < -0.3 is 9.74 Å². The zero-order valence-corrected chi connectivity index (χ0v) is 19.4. The summed E-state index contributed by atoms with van der Waals surface area (Å²) >= 11 is 11.9. The number of halogens is 5. The van der Waals surface area contributed by atoms with Gasteiger partial charge in [-0.15, -0.1) is 0 Å². The summed E-state index contributed by atoms with van der Waals surface area (Å²) in [7, 11) is 1.58. The van der Waals surface area contributed by atoms with E-state index in [9.17, 15) is 18.0 Å². The van der Waals surface area contributed by atoms with Gasteiger partial charge in [0.1, 0.15) is 6.33 Å². The third-order valence-electron chi connectivity index (χ3n) is 5.54. The van der Waals surface area contributed by atoms with Crippen molar-refractivity contribution < 1.29 is 22.8 Å². The molecule has 1 atom stereocenters. The SMILES string of the molecule is Cc1cc(C2=NOC(c3cc(Cl)cc(Cl)c3)(C(F)(F)F)C2)ccc1C(=O)N(C)c1cncnc1. The Hall–Kier alpha value is -3.17. The van der Waals surface area contributed by atoms with Gasteiger partial charge in [-0.3, -0.25) is 4.79 Å². The Bertz CT molecular complexity index is 1260. The highest BCUT2D eigenvalue weighted by Gasteiger charge is 2.62. The number of hydrogen-bond acceptors (Lipinski definition) is 5. The van der Waals surface area contributed by atoms with Gasteiger partial charge in [0, 0.05) is 34.6 Å². The van der Waals surface area contributed by atoms with Gasteiger partial charge in [0.05, 0.1) is 23.8 Å². The lowest BCUT2D eigenvalue weighted by molar-refractivity contribution is -0.275. The molecule has 2 heterocycles. The number of rotatable bonds is 4. The summed E-state index contributed by atoms with van der Waals surface area (Å²) in [6.45, 7) is 1.69. The summed E-state index contributed by atoms with van der Waals surface area (Å²) in [4.78, 5) is 27.1. The molecule has 0 spiro atoms. The Morgan fingerprint density at radius 1 is 1.09 bits per heavy atom. The molecule has 176 valence electrons. The predicted molar refractivity (Wildman–Crippen MR) is 122 cm³/mol. The third-order valence-corrected chi connectivity index (χ3v) is 5.98. The van der Waals surface area contributed by atoms with E-state index >= 15 is 0 Å². The number of alkyl halides is 3. The summed E-state index contributed by atoms with van der Waals surface area (Å²) in [5.74, 6) is -0.318. The highest BCUT2D eigenvalue weighted by Crippen LogP contribution is 2.49. The minimum Gasteiger partial charge on any atom is -0.374 e. The lowest BCUT2D eigenvalue weighted by Crippen LogP contribution is -2.42. The van der Waals surface area contributed by atoms with Gasteiger partial charge in [0.2, 0.25) is 0 Å². The van der Waals surface area contributed by atoms with E-state index < -0.39 is 18.2 Å². The van der Waals surface area contributed by atoms with Crippen LogP contribution in [0.25, 0.3) is 0 Å². The second-order valence-corrected chi connectivity index (χ2v) is 8.65. The molecule has 0 N–H and O–H groups in total. The summed E-state index contributed by atoms with van der Waals surface area (Å²) < 4.78 is 42.6. The molecular weight excluding hydrogens is 492 g/mol. The van der Waals surface area contributed by atoms with Crippen LogP contribution in [-0.4, -0.2) is 34.8 Å². The fourth-order valence-corrected chi connectivity index (χ4v) is 4.22. The molecule has 0 bridgehead atoms. The zero-order chi connectivity index (χ0) is 24.7. The Labute approximate surface area is 203 Å². The third kappa shape index (κ3) is 4.33. The number of carbonyl (C=O) groups excluding carboxylic acids is 1.